The number of aromatic nitrogens is 1. The number of thiazole rings is 1. The highest BCUT2D eigenvalue weighted by Gasteiger charge is 2.33. The number of halogens is 3. The number of aliphatic imine (C=N–C) groups is 1. The molecule has 0 aliphatic heterocycles. The second kappa shape index (κ2) is 10.1. The van der Waals surface area contributed by atoms with E-state index in [1.807, 2.05) is 38.1 Å². The number of alkyl halides is 3. The van der Waals surface area contributed by atoms with Gasteiger partial charge in [0.15, 0.2) is 11.7 Å². The van der Waals surface area contributed by atoms with Crippen LogP contribution in [0.1, 0.15) is 30.1 Å². The number of benzene rings is 1. The zero-order chi connectivity index (χ0) is 19.7. The minimum absolute atomic E-state index is 0.0889. The Morgan fingerprint density at radius 2 is 2.00 bits per heavy atom. The van der Waals surface area contributed by atoms with Crippen LogP contribution in [0.25, 0.3) is 0 Å². The van der Waals surface area contributed by atoms with Gasteiger partial charge in [-0.1, -0.05) is 18.2 Å². The molecule has 0 atom stereocenters. The number of nitrogens with zero attached hydrogens (tertiary/aromatic N) is 2. The summed E-state index contributed by atoms with van der Waals surface area (Å²) in [4.78, 5) is 7.90. The van der Waals surface area contributed by atoms with Crippen molar-refractivity contribution < 1.29 is 17.9 Å². The lowest BCUT2D eigenvalue weighted by Gasteiger charge is -2.13. The third-order valence-electron chi connectivity index (χ3n) is 3.52. The minimum atomic E-state index is -4.42. The van der Waals surface area contributed by atoms with Gasteiger partial charge in [0.1, 0.15) is 10.8 Å². The molecule has 0 bridgehead atoms. The van der Waals surface area contributed by atoms with Crippen LogP contribution >= 0.6 is 11.3 Å². The molecule has 9 heteroatoms. The fourth-order valence-electron chi connectivity index (χ4n) is 2.32. The highest BCUT2D eigenvalue weighted by atomic mass is 32.1. The van der Waals surface area contributed by atoms with Crippen LogP contribution < -0.4 is 15.4 Å². The molecule has 0 aliphatic carbocycles. The van der Waals surface area contributed by atoms with Gasteiger partial charge in [-0.3, -0.25) is 0 Å². The third kappa shape index (κ3) is 6.74. The summed E-state index contributed by atoms with van der Waals surface area (Å²) < 4.78 is 43.4. The number of hydrogen-bond donors (Lipinski definition) is 2. The van der Waals surface area contributed by atoms with Crippen molar-refractivity contribution in [3.8, 4) is 5.75 Å². The summed E-state index contributed by atoms with van der Waals surface area (Å²) in [7, 11) is 0. The summed E-state index contributed by atoms with van der Waals surface area (Å²) >= 11 is 0.954. The van der Waals surface area contributed by atoms with Gasteiger partial charge in [-0.15, -0.1) is 11.3 Å². The lowest BCUT2D eigenvalue weighted by atomic mass is 10.1. The molecule has 5 nitrogen and oxygen atoms in total. The Morgan fingerprint density at radius 1 is 1.22 bits per heavy atom. The molecule has 1 aromatic heterocycles. The zero-order valence-corrected chi connectivity index (χ0v) is 16.1. The van der Waals surface area contributed by atoms with Crippen molar-refractivity contribution in [3.63, 3.8) is 0 Å². The number of nitrogens with one attached hydrogen (secondary N) is 2. The van der Waals surface area contributed by atoms with E-state index >= 15 is 0 Å². The average Bonchev–Trinajstić information content (AvgIpc) is 3.11. The minimum Gasteiger partial charge on any atom is -0.494 e. The number of ether oxygens (including phenoxy) is 1. The van der Waals surface area contributed by atoms with E-state index in [0.717, 1.165) is 34.5 Å². The molecule has 2 rings (SSSR count). The van der Waals surface area contributed by atoms with Crippen molar-refractivity contribution >= 4 is 17.3 Å². The first-order valence-electron chi connectivity index (χ1n) is 8.68. The summed E-state index contributed by atoms with van der Waals surface area (Å²) in [5, 5.41) is 7.59. The van der Waals surface area contributed by atoms with Crippen LogP contribution in [0.4, 0.5) is 13.2 Å². The quantitative estimate of drug-likeness (QED) is 0.522. The SMILES string of the molecule is CCNC(=NCc1nc(C(F)(F)F)cs1)NCCc1ccccc1OCC. The first kappa shape index (κ1) is 21.0. The van der Waals surface area contributed by atoms with Crippen LogP contribution in [0.5, 0.6) is 5.75 Å². The van der Waals surface area contributed by atoms with Gasteiger partial charge < -0.3 is 15.4 Å². The molecule has 2 N–H and O–H groups in total. The molecule has 0 amide bonds. The van der Waals surface area contributed by atoms with Crippen LogP contribution in [0.2, 0.25) is 0 Å². The predicted molar refractivity (Wildman–Crippen MR) is 101 cm³/mol. The number of hydrogen-bond acceptors (Lipinski definition) is 4. The van der Waals surface area contributed by atoms with Crippen molar-refractivity contribution in [2.45, 2.75) is 33.0 Å². The Bertz CT molecular complexity index is 746. The van der Waals surface area contributed by atoms with Crippen molar-refractivity contribution in [1.29, 1.82) is 0 Å². The summed E-state index contributed by atoms with van der Waals surface area (Å²) in [6.45, 7) is 5.81. The van der Waals surface area contributed by atoms with E-state index in [2.05, 4.69) is 20.6 Å². The second-order valence-electron chi connectivity index (χ2n) is 5.54. The molecule has 0 radical (unpaired) electrons. The molecular weight excluding hydrogens is 377 g/mol. The smallest absolute Gasteiger partial charge is 0.434 e. The van der Waals surface area contributed by atoms with Gasteiger partial charge >= 0.3 is 6.18 Å². The molecule has 1 aromatic carbocycles. The van der Waals surface area contributed by atoms with E-state index in [1.165, 1.54) is 0 Å². The molecule has 0 fully saturated rings. The largest absolute Gasteiger partial charge is 0.494 e. The molecule has 0 aliphatic rings. The van der Waals surface area contributed by atoms with Crippen molar-refractivity contribution in [3.05, 3.63) is 45.9 Å². The molecule has 0 saturated carbocycles. The molecular formula is C18H23F3N4OS. The van der Waals surface area contributed by atoms with Gasteiger partial charge in [0.2, 0.25) is 0 Å². The molecule has 0 unspecified atom stereocenters. The van der Waals surface area contributed by atoms with Gasteiger partial charge in [-0.05, 0) is 31.9 Å². The maximum absolute atomic E-state index is 12.6. The lowest BCUT2D eigenvalue weighted by molar-refractivity contribution is -0.140. The molecule has 27 heavy (non-hydrogen) atoms. The van der Waals surface area contributed by atoms with E-state index < -0.39 is 11.9 Å². The standard InChI is InChI=1S/C18H23F3N4OS/c1-3-22-17(24-11-16-25-15(12-27-16)18(19,20)21)23-10-9-13-7-5-6-8-14(13)26-4-2/h5-8,12H,3-4,9-11H2,1-2H3,(H2,22,23,24). The predicted octanol–water partition coefficient (Wildman–Crippen LogP) is 3.86. The second-order valence-corrected chi connectivity index (χ2v) is 6.48. The Balaban J connectivity index is 1.93. The van der Waals surface area contributed by atoms with E-state index in [9.17, 15) is 13.2 Å². The van der Waals surface area contributed by atoms with Crippen molar-refractivity contribution in [2.24, 2.45) is 4.99 Å². The van der Waals surface area contributed by atoms with Gasteiger partial charge in [-0.25, -0.2) is 9.98 Å². The zero-order valence-electron chi connectivity index (χ0n) is 15.3. The molecule has 0 saturated heterocycles. The van der Waals surface area contributed by atoms with Crippen LogP contribution in [0, 0.1) is 0 Å². The van der Waals surface area contributed by atoms with Crippen LogP contribution in [-0.4, -0.2) is 30.6 Å². The van der Waals surface area contributed by atoms with Gasteiger partial charge in [-0.2, -0.15) is 13.2 Å². The maximum atomic E-state index is 12.6. The Labute approximate surface area is 160 Å². The van der Waals surface area contributed by atoms with Crippen LogP contribution in [-0.2, 0) is 19.1 Å². The summed E-state index contributed by atoms with van der Waals surface area (Å²) in [5.41, 5.74) is 0.209. The topological polar surface area (TPSA) is 58.5 Å². The van der Waals surface area contributed by atoms with E-state index in [4.69, 9.17) is 4.74 Å². The Hall–Kier alpha value is -2.29. The van der Waals surface area contributed by atoms with Crippen molar-refractivity contribution in [1.82, 2.24) is 15.6 Å². The van der Waals surface area contributed by atoms with Crippen LogP contribution in [0.15, 0.2) is 34.6 Å². The highest BCUT2D eigenvalue weighted by molar-refractivity contribution is 7.09. The summed E-state index contributed by atoms with van der Waals surface area (Å²) in [5.74, 6) is 1.39. The molecule has 0 spiro atoms. The monoisotopic (exact) mass is 400 g/mol. The van der Waals surface area contributed by atoms with Crippen LogP contribution in [0.3, 0.4) is 0 Å². The van der Waals surface area contributed by atoms with E-state index in [0.29, 0.717) is 30.7 Å². The van der Waals surface area contributed by atoms with Gasteiger partial charge in [0.25, 0.3) is 0 Å². The molecule has 1 heterocycles. The first-order valence-corrected chi connectivity index (χ1v) is 9.56. The number of para-hydroxylation sites is 1. The summed E-state index contributed by atoms with van der Waals surface area (Å²) in [6, 6.07) is 7.82. The fraction of sp³-hybridized carbons (Fsp3) is 0.444. The molecule has 148 valence electrons. The Morgan fingerprint density at radius 3 is 2.67 bits per heavy atom. The van der Waals surface area contributed by atoms with E-state index in [-0.39, 0.29) is 6.54 Å². The Kier molecular flexibility index (Phi) is 7.90. The molecule has 2 aromatic rings. The summed E-state index contributed by atoms with van der Waals surface area (Å²) in [6.07, 6.45) is -3.69. The number of rotatable bonds is 8. The van der Waals surface area contributed by atoms with Crippen molar-refractivity contribution in [2.75, 3.05) is 19.7 Å². The van der Waals surface area contributed by atoms with Gasteiger partial charge in [0.05, 0.1) is 13.2 Å². The number of guanidine groups is 1. The van der Waals surface area contributed by atoms with Gasteiger partial charge in [0, 0.05) is 18.5 Å². The first-order chi connectivity index (χ1) is 12.9. The maximum Gasteiger partial charge on any atom is 0.434 e. The lowest BCUT2D eigenvalue weighted by Crippen LogP contribution is -2.38. The fourth-order valence-corrected chi connectivity index (χ4v) is 3.05. The average molecular weight is 400 g/mol. The van der Waals surface area contributed by atoms with E-state index in [1.54, 1.807) is 0 Å². The third-order valence-corrected chi connectivity index (χ3v) is 4.35. The highest BCUT2D eigenvalue weighted by Crippen LogP contribution is 2.30. The normalized spacial score (nSPS) is 12.1.